The average Bonchev–Trinajstić information content (AvgIpc) is 2.41. The second-order valence-electron chi connectivity index (χ2n) is 4.57. The molecule has 0 bridgehead atoms. The van der Waals surface area contributed by atoms with Gasteiger partial charge in [-0.3, -0.25) is 4.79 Å². The van der Waals surface area contributed by atoms with Gasteiger partial charge in [-0.15, -0.1) is 0 Å². The molecule has 0 unspecified atom stereocenters. The van der Waals surface area contributed by atoms with E-state index >= 15 is 0 Å². The molecule has 0 aliphatic carbocycles. The maximum Gasteiger partial charge on any atom is 0.188 e. The first-order valence-electron chi connectivity index (χ1n) is 6.08. The van der Waals surface area contributed by atoms with E-state index in [0.29, 0.717) is 11.6 Å². The van der Waals surface area contributed by atoms with Crippen LogP contribution in [-0.2, 0) is 9.84 Å². The highest BCUT2D eigenvalue weighted by Crippen LogP contribution is 2.19. The van der Waals surface area contributed by atoms with Gasteiger partial charge in [-0.25, -0.2) is 17.2 Å². The Hall–Kier alpha value is -2.08. The van der Waals surface area contributed by atoms with Gasteiger partial charge in [0.1, 0.15) is 22.3 Å². The zero-order valence-electron chi connectivity index (χ0n) is 11.1. The van der Waals surface area contributed by atoms with Crippen molar-refractivity contribution in [3.8, 4) is 0 Å². The third-order valence-corrected chi connectivity index (χ3v) is 4.62. The van der Waals surface area contributed by atoms with Crippen molar-refractivity contribution >= 4 is 15.6 Å². The topological polar surface area (TPSA) is 51.2 Å². The predicted octanol–water partition coefficient (Wildman–Crippen LogP) is 2.93. The largest absolute Gasteiger partial charge is 0.293 e. The zero-order valence-corrected chi connectivity index (χ0v) is 12.0. The number of benzene rings is 2. The van der Waals surface area contributed by atoms with Gasteiger partial charge in [-0.1, -0.05) is 24.3 Å². The molecule has 0 saturated heterocycles. The van der Waals surface area contributed by atoms with Crippen molar-refractivity contribution < 1.29 is 22.0 Å². The zero-order chi connectivity index (χ0) is 15.6. The van der Waals surface area contributed by atoms with Crippen LogP contribution in [-0.4, -0.2) is 20.0 Å². The summed E-state index contributed by atoms with van der Waals surface area (Å²) in [5, 5.41) is 0. The van der Waals surface area contributed by atoms with E-state index in [-0.39, 0.29) is 5.56 Å². The lowest BCUT2D eigenvalue weighted by Gasteiger charge is -2.07. The summed E-state index contributed by atoms with van der Waals surface area (Å²) in [7, 11) is -4.24. The van der Waals surface area contributed by atoms with E-state index in [2.05, 4.69) is 0 Å². The molecule has 0 saturated carbocycles. The molecule has 0 atom stereocenters. The molecule has 0 aliphatic rings. The second kappa shape index (κ2) is 5.73. The maximum absolute atomic E-state index is 13.5. The minimum absolute atomic E-state index is 0.248. The molecule has 0 heterocycles. The number of rotatable bonds is 4. The van der Waals surface area contributed by atoms with Gasteiger partial charge in [-0.2, -0.15) is 0 Å². The van der Waals surface area contributed by atoms with Crippen LogP contribution in [0.25, 0.3) is 0 Å². The normalized spacial score (nSPS) is 11.4. The molecule has 0 amide bonds. The Morgan fingerprint density at radius 3 is 2.43 bits per heavy atom. The first kappa shape index (κ1) is 15.3. The van der Waals surface area contributed by atoms with Gasteiger partial charge in [0.15, 0.2) is 15.6 Å². The lowest BCUT2D eigenvalue weighted by atomic mass is 10.1. The Balaban J connectivity index is 2.36. The summed E-state index contributed by atoms with van der Waals surface area (Å²) < 4.78 is 50.8. The average molecular weight is 310 g/mol. The lowest BCUT2D eigenvalue weighted by molar-refractivity contribution is 0.102. The first-order chi connectivity index (χ1) is 9.81. The quantitative estimate of drug-likeness (QED) is 0.816. The summed E-state index contributed by atoms with van der Waals surface area (Å²) in [5.41, 5.74) is 0.871. The smallest absolute Gasteiger partial charge is 0.188 e. The van der Waals surface area contributed by atoms with Gasteiger partial charge >= 0.3 is 0 Å². The van der Waals surface area contributed by atoms with Crippen molar-refractivity contribution in [2.75, 3.05) is 5.75 Å². The molecule has 0 fully saturated rings. The Kier molecular flexibility index (Phi) is 4.18. The SMILES string of the molecule is Cc1ccccc1C(=O)CS(=O)(=O)c1cc(F)ccc1F. The fraction of sp³-hybridized carbons (Fsp3) is 0.133. The van der Waals surface area contributed by atoms with Gasteiger partial charge in [0.25, 0.3) is 0 Å². The van der Waals surface area contributed by atoms with E-state index in [1.54, 1.807) is 25.1 Å². The summed E-state index contributed by atoms with van der Waals surface area (Å²) in [4.78, 5) is 11.3. The van der Waals surface area contributed by atoms with Gasteiger partial charge in [0.05, 0.1) is 0 Å². The number of Topliss-reactive ketones (excluding diaryl/α,β-unsaturated/α-hetero) is 1. The van der Waals surface area contributed by atoms with E-state index in [1.807, 2.05) is 0 Å². The number of hydrogen-bond donors (Lipinski definition) is 0. The van der Waals surface area contributed by atoms with Crippen molar-refractivity contribution in [2.24, 2.45) is 0 Å². The number of ketones is 1. The molecule has 2 aromatic rings. The molecule has 110 valence electrons. The number of carbonyl (C=O) groups is 1. The molecule has 0 radical (unpaired) electrons. The summed E-state index contributed by atoms with van der Waals surface area (Å²) in [6.45, 7) is 1.67. The molecular formula is C15H12F2O3S. The van der Waals surface area contributed by atoms with Gasteiger partial charge in [-0.05, 0) is 30.7 Å². The molecule has 21 heavy (non-hydrogen) atoms. The van der Waals surface area contributed by atoms with Crippen LogP contribution in [0.5, 0.6) is 0 Å². The minimum atomic E-state index is -4.24. The highest BCUT2D eigenvalue weighted by atomic mass is 32.2. The van der Waals surface area contributed by atoms with Crippen molar-refractivity contribution in [3.63, 3.8) is 0 Å². The second-order valence-corrected chi connectivity index (χ2v) is 6.53. The fourth-order valence-corrected chi connectivity index (χ4v) is 3.24. The van der Waals surface area contributed by atoms with Crippen molar-refractivity contribution in [1.29, 1.82) is 0 Å². The number of aryl methyl sites for hydroxylation is 1. The van der Waals surface area contributed by atoms with Crippen molar-refractivity contribution in [2.45, 2.75) is 11.8 Å². The van der Waals surface area contributed by atoms with E-state index in [0.717, 1.165) is 12.1 Å². The molecule has 0 N–H and O–H groups in total. The van der Waals surface area contributed by atoms with E-state index in [1.165, 1.54) is 6.07 Å². The van der Waals surface area contributed by atoms with Gasteiger partial charge < -0.3 is 0 Å². The Morgan fingerprint density at radius 1 is 1.10 bits per heavy atom. The van der Waals surface area contributed by atoms with Crippen LogP contribution in [0.2, 0.25) is 0 Å². The molecule has 0 aliphatic heterocycles. The van der Waals surface area contributed by atoms with E-state index < -0.39 is 37.9 Å². The number of halogens is 2. The van der Waals surface area contributed by atoms with Crippen LogP contribution < -0.4 is 0 Å². The maximum atomic E-state index is 13.5. The van der Waals surface area contributed by atoms with Crippen LogP contribution >= 0.6 is 0 Å². The minimum Gasteiger partial charge on any atom is -0.293 e. The summed E-state index contributed by atoms with van der Waals surface area (Å²) in [5.74, 6) is -3.51. The summed E-state index contributed by atoms with van der Waals surface area (Å²) >= 11 is 0. The Bertz CT molecular complexity index is 798. The van der Waals surface area contributed by atoms with Crippen LogP contribution in [0, 0.1) is 18.6 Å². The molecule has 0 spiro atoms. The van der Waals surface area contributed by atoms with Gasteiger partial charge in [0, 0.05) is 5.56 Å². The summed E-state index contributed by atoms with van der Waals surface area (Å²) in [6, 6.07) is 8.61. The molecule has 2 rings (SSSR count). The third kappa shape index (κ3) is 3.33. The van der Waals surface area contributed by atoms with Gasteiger partial charge in [0.2, 0.25) is 0 Å². The fourth-order valence-electron chi connectivity index (χ4n) is 1.93. The molecule has 2 aromatic carbocycles. The Labute approximate surface area is 121 Å². The predicted molar refractivity (Wildman–Crippen MR) is 73.9 cm³/mol. The number of sulfone groups is 1. The first-order valence-corrected chi connectivity index (χ1v) is 7.73. The highest BCUT2D eigenvalue weighted by molar-refractivity contribution is 7.92. The third-order valence-electron chi connectivity index (χ3n) is 2.99. The number of hydrogen-bond acceptors (Lipinski definition) is 3. The van der Waals surface area contributed by atoms with Crippen LogP contribution in [0.15, 0.2) is 47.4 Å². The highest BCUT2D eigenvalue weighted by Gasteiger charge is 2.24. The molecule has 0 aromatic heterocycles. The van der Waals surface area contributed by atoms with Crippen molar-refractivity contribution in [1.82, 2.24) is 0 Å². The molecular weight excluding hydrogens is 298 g/mol. The number of carbonyl (C=O) groups excluding carboxylic acids is 1. The molecule has 6 heteroatoms. The monoisotopic (exact) mass is 310 g/mol. The van der Waals surface area contributed by atoms with Crippen LogP contribution in [0.3, 0.4) is 0 Å². The van der Waals surface area contributed by atoms with Crippen LogP contribution in [0.1, 0.15) is 15.9 Å². The summed E-state index contributed by atoms with van der Waals surface area (Å²) in [6.07, 6.45) is 0. The lowest BCUT2D eigenvalue weighted by Crippen LogP contribution is -2.18. The molecule has 3 nitrogen and oxygen atoms in total. The van der Waals surface area contributed by atoms with E-state index in [9.17, 15) is 22.0 Å². The van der Waals surface area contributed by atoms with Crippen molar-refractivity contribution in [3.05, 3.63) is 65.2 Å². The van der Waals surface area contributed by atoms with Crippen LogP contribution in [0.4, 0.5) is 8.78 Å². The van der Waals surface area contributed by atoms with E-state index in [4.69, 9.17) is 0 Å². The standard InChI is InChI=1S/C15H12F2O3S/c1-10-4-2-3-5-12(10)14(18)9-21(19,20)15-8-11(16)6-7-13(15)17/h2-8H,9H2,1H3. The Morgan fingerprint density at radius 2 is 1.76 bits per heavy atom.